The lowest BCUT2D eigenvalue weighted by atomic mass is 9.99. The summed E-state index contributed by atoms with van der Waals surface area (Å²) < 4.78 is 0. The first-order valence-corrected chi connectivity index (χ1v) is 11.9. The summed E-state index contributed by atoms with van der Waals surface area (Å²) in [6.45, 7) is 2.48. The number of carbonyl (C=O) groups excluding carboxylic acids is 3. The molecule has 0 spiro atoms. The second-order valence-electron chi connectivity index (χ2n) is 8.65. The lowest BCUT2D eigenvalue weighted by Gasteiger charge is -2.34. The van der Waals surface area contributed by atoms with Crippen molar-refractivity contribution in [3.8, 4) is 0 Å². The molecule has 1 heterocycles. The van der Waals surface area contributed by atoms with E-state index in [1.165, 1.54) is 0 Å². The summed E-state index contributed by atoms with van der Waals surface area (Å²) in [5, 5.41) is 8.65. The molecule has 0 aromatic heterocycles. The van der Waals surface area contributed by atoms with Crippen molar-refractivity contribution in [2.45, 2.75) is 38.3 Å². The Labute approximate surface area is 205 Å². The average Bonchev–Trinajstić information content (AvgIpc) is 2.87. The monoisotopic (exact) mass is 470 g/mol. The van der Waals surface area contributed by atoms with Gasteiger partial charge in [-0.3, -0.25) is 9.59 Å². The quantitative estimate of drug-likeness (QED) is 0.440. The van der Waals surface area contributed by atoms with Crippen molar-refractivity contribution in [1.82, 2.24) is 10.2 Å². The van der Waals surface area contributed by atoms with Crippen molar-refractivity contribution in [2.75, 3.05) is 17.2 Å². The number of hydrogen-bond acceptors (Lipinski definition) is 3. The molecule has 2 atom stereocenters. The largest absolute Gasteiger partial charge is 0.347 e. The molecule has 0 saturated carbocycles. The van der Waals surface area contributed by atoms with E-state index in [2.05, 4.69) is 16.0 Å². The van der Waals surface area contributed by atoms with E-state index in [-0.39, 0.29) is 23.9 Å². The van der Waals surface area contributed by atoms with Gasteiger partial charge in [-0.2, -0.15) is 0 Å². The molecular weight excluding hydrogens is 440 g/mol. The summed E-state index contributed by atoms with van der Waals surface area (Å²) in [6.07, 6.45) is 2.22. The Bertz CT molecular complexity index is 1150. The van der Waals surface area contributed by atoms with Crippen LogP contribution in [0.15, 0.2) is 84.9 Å². The zero-order chi connectivity index (χ0) is 24.6. The van der Waals surface area contributed by atoms with Crippen LogP contribution in [0.25, 0.3) is 0 Å². The molecule has 7 heteroatoms. The van der Waals surface area contributed by atoms with Crippen LogP contribution in [0, 0.1) is 0 Å². The number of carbonyl (C=O) groups is 3. The molecule has 0 radical (unpaired) electrons. The van der Waals surface area contributed by atoms with Gasteiger partial charge in [0.15, 0.2) is 0 Å². The van der Waals surface area contributed by atoms with E-state index in [1.54, 1.807) is 17.0 Å². The van der Waals surface area contributed by atoms with Crippen LogP contribution in [-0.2, 0) is 9.59 Å². The maximum Gasteiger partial charge on any atom is 0.323 e. The zero-order valence-corrected chi connectivity index (χ0v) is 19.7. The van der Waals surface area contributed by atoms with Gasteiger partial charge < -0.3 is 20.9 Å². The van der Waals surface area contributed by atoms with Crippen molar-refractivity contribution in [2.24, 2.45) is 0 Å². The molecule has 3 N–H and O–H groups in total. The number of piperidine rings is 1. The summed E-state index contributed by atoms with van der Waals surface area (Å²) in [7, 11) is 0. The minimum absolute atomic E-state index is 0.0112. The van der Waals surface area contributed by atoms with E-state index in [4.69, 9.17) is 0 Å². The Morgan fingerprint density at radius 3 is 2.00 bits per heavy atom. The van der Waals surface area contributed by atoms with Crippen LogP contribution in [0.2, 0.25) is 0 Å². The average molecular weight is 471 g/mol. The van der Waals surface area contributed by atoms with Crippen LogP contribution in [0.5, 0.6) is 0 Å². The fourth-order valence-electron chi connectivity index (χ4n) is 4.25. The maximum atomic E-state index is 13.4. The van der Waals surface area contributed by atoms with Crippen LogP contribution >= 0.6 is 0 Å². The number of benzene rings is 3. The molecule has 0 bridgehead atoms. The Hall–Kier alpha value is -4.13. The third-order valence-corrected chi connectivity index (χ3v) is 6.09. The summed E-state index contributed by atoms with van der Waals surface area (Å²) >= 11 is 0. The molecule has 4 amide bonds. The number of rotatable bonds is 7. The summed E-state index contributed by atoms with van der Waals surface area (Å²) in [5.74, 6) is -0.194. The molecule has 3 aromatic rings. The lowest BCUT2D eigenvalue weighted by Crippen LogP contribution is -2.46. The molecular formula is C28H30N4O3. The van der Waals surface area contributed by atoms with E-state index in [0.29, 0.717) is 24.3 Å². The first-order valence-electron chi connectivity index (χ1n) is 11.9. The number of urea groups is 1. The van der Waals surface area contributed by atoms with Crippen LogP contribution < -0.4 is 16.0 Å². The summed E-state index contributed by atoms with van der Waals surface area (Å²) in [4.78, 5) is 39.9. The molecule has 4 rings (SSSR count). The number of likely N-dealkylation sites (tertiary alicyclic amines) is 1. The number of anilines is 2. The molecule has 1 fully saturated rings. The molecule has 3 aromatic carbocycles. The standard InChI is InChI=1S/C28H30N4O3/c1-20(21-15-17-24(18-16-21)31-28(35)30-23-12-6-3-7-13-23)29-27(34)26(22-10-4-2-5-11-22)32-19-9-8-14-25(32)33/h2-7,10-13,15-18,20,26H,8-9,14,19H2,1H3,(H,29,34)(H2,30,31,35). The second kappa shape index (κ2) is 11.3. The van der Waals surface area contributed by atoms with E-state index in [9.17, 15) is 14.4 Å². The van der Waals surface area contributed by atoms with Gasteiger partial charge in [0.1, 0.15) is 6.04 Å². The van der Waals surface area contributed by atoms with Gasteiger partial charge in [0.05, 0.1) is 6.04 Å². The topological polar surface area (TPSA) is 90.5 Å². The maximum absolute atomic E-state index is 13.4. The SMILES string of the molecule is CC(NC(=O)C(c1ccccc1)N1CCCCC1=O)c1ccc(NC(=O)Nc2ccccc2)cc1. The Balaban J connectivity index is 1.41. The van der Waals surface area contributed by atoms with Crippen LogP contribution in [0.4, 0.5) is 16.2 Å². The van der Waals surface area contributed by atoms with Crippen molar-refractivity contribution < 1.29 is 14.4 Å². The van der Waals surface area contributed by atoms with Gasteiger partial charge in [-0.25, -0.2) is 4.79 Å². The normalized spacial score (nSPS) is 15.1. The van der Waals surface area contributed by atoms with E-state index in [1.807, 2.05) is 79.7 Å². The number of para-hydroxylation sites is 1. The van der Waals surface area contributed by atoms with Gasteiger partial charge in [-0.1, -0.05) is 60.7 Å². The predicted molar refractivity (Wildman–Crippen MR) is 137 cm³/mol. The first kappa shape index (κ1) is 24.0. The molecule has 2 unspecified atom stereocenters. The fourth-order valence-corrected chi connectivity index (χ4v) is 4.25. The summed E-state index contributed by atoms with van der Waals surface area (Å²) in [5.41, 5.74) is 3.04. The molecule has 1 aliphatic rings. The molecule has 35 heavy (non-hydrogen) atoms. The van der Waals surface area contributed by atoms with E-state index < -0.39 is 6.04 Å². The number of hydrogen-bond donors (Lipinski definition) is 3. The summed E-state index contributed by atoms with van der Waals surface area (Å²) in [6, 6.07) is 24.7. The van der Waals surface area contributed by atoms with Gasteiger partial charge in [0.25, 0.3) is 0 Å². The van der Waals surface area contributed by atoms with Gasteiger partial charge in [0, 0.05) is 24.3 Å². The Morgan fingerprint density at radius 2 is 1.37 bits per heavy atom. The highest BCUT2D eigenvalue weighted by Gasteiger charge is 2.33. The van der Waals surface area contributed by atoms with Crippen molar-refractivity contribution >= 4 is 29.2 Å². The van der Waals surface area contributed by atoms with Crippen LogP contribution in [0.1, 0.15) is 49.4 Å². The molecule has 0 aliphatic carbocycles. The number of nitrogens with zero attached hydrogens (tertiary/aromatic N) is 1. The lowest BCUT2D eigenvalue weighted by molar-refractivity contribution is -0.143. The van der Waals surface area contributed by atoms with Gasteiger partial charge in [-0.15, -0.1) is 0 Å². The highest BCUT2D eigenvalue weighted by Crippen LogP contribution is 2.27. The van der Waals surface area contributed by atoms with E-state index >= 15 is 0 Å². The Morgan fingerprint density at radius 1 is 0.771 bits per heavy atom. The number of nitrogens with one attached hydrogen (secondary N) is 3. The fraction of sp³-hybridized carbons (Fsp3) is 0.250. The number of amides is 4. The van der Waals surface area contributed by atoms with Crippen molar-refractivity contribution in [3.63, 3.8) is 0 Å². The highest BCUT2D eigenvalue weighted by molar-refractivity contribution is 5.99. The molecule has 1 aliphatic heterocycles. The van der Waals surface area contributed by atoms with Gasteiger partial charge in [0.2, 0.25) is 11.8 Å². The molecule has 1 saturated heterocycles. The smallest absolute Gasteiger partial charge is 0.323 e. The highest BCUT2D eigenvalue weighted by atomic mass is 16.2. The van der Waals surface area contributed by atoms with Crippen molar-refractivity contribution in [3.05, 3.63) is 96.1 Å². The first-order chi connectivity index (χ1) is 17.0. The second-order valence-corrected chi connectivity index (χ2v) is 8.65. The third kappa shape index (κ3) is 6.26. The van der Waals surface area contributed by atoms with Gasteiger partial charge in [-0.05, 0) is 55.2 Å². The predicted octanol–water partition coefficient (Wildman–Crippen LogP) is 5.26. The van der Waals surface area contributed by atoms with Gasteiger partial charge >= 0.3 is 6.03 Å². The van der Waals surface area contributed by atoms with Crippen LogP contribution in [0.3, 0.4) is 0 Å². The Kier molecular flexibility index (Phi) is 7.77. The van der Waals surface area contributed by atoms with E-state index in [0.717, 1.165) is 24.0 Å². The minimum atomic E-state index is -0.658. The molecule has 180 valence electrons. The zero-order valence-electron chi connectivity index (χ0n) is 19.7. The van der Waals surface area contributed by atoms with Crippen LogP contribution in [-0.4, -0.2) is 29.3 Å². The van der Waals surface area contributed by atoms with Crippen molar-refractivity contribution in [1.29, 1.82) is 0 Å². The molecule has 7 nitrogen and oxygen atoms in total. The third-order valence-electron chi connectivity index (χ3n) is 6.09. The minimum Gasteiger partial charge on any atom is -0.347 e.